The van der Waals surface area contributed by atoms with Crippen LogP contribution in [0, 0.1) is 0 Å². The molecule has 1 saturated heterocycles. The van der Waals surface area contributed by atoms with Gasteiger partial charge in [-0.2, -0.15) is 0 Å². The molecule has 3 atom stereocenters. The Morgan fingerprint density at radius 1 is 1.35 bits per heavy atom. The summed E-state index contributed by atoms with van der Waals surface area (Å²) in [6.07, 6.45) is 6.66. The zero-order valence-electron chi connectivity index (χ0n) is 11.2. The molecule has 0 saturated carbocycles. The Hall–Kier alpha value is -0.160. The van der Waals surface area contributed by atoms with E-state index in [2.05, 4.69) is 6.92 Å². The Morgan fingerprint density at radius 3 is 2.76 bits per heavy atom. The van der Waals surface area contributed by atoms with Gasteiger partial charge in [0, 0.05) is 13.7 Å². The molecule has 1 fully saturated rings. The minimum atomic E-state index is -0.0378. The van der Waals surface area contributed by atoms with Crippen molar-refractivity contribution in [2.24, 2.45) is 5.73 Å². The van der Waals surface area contributed by atoms with Crippen molar-refractivity contribution >= 4 is 0 Å². The highest BCUT2D eigenvalue weighted by atomic mass is 16.7. The lowest BCUT2D eigenvalue weighted by Crippen LogP contribution is -2.35. The third-order valence-electron chi connectivity index (χ3n) is 3.30. The van der Waals surface area contributed by atoms with E-state index in [1.807, 2.05) is 0 Å². The van der Waals surface area contributed by atoms with Crippen LogP contribution in [-0.4, -0.2) is 38.8 Å². The maximum atomic E-state index is 6.00. The van der Waals surface area contributed by atoms with Gasteiger partial charge in [0.1, 0.15) is 0 Å². The molecule has 17 heavy (non-hydrogen) atoms. The van der Waals surface area contributed by atoms with E-state index in [1.165, 1.54) is 6.42 Å². The highest BCUT2D eigenvalue weighted by Crippen LogP contribution is 2.20. The summed E-state index contributed by atoms with van der Waals surface area (Å²) in [7, 11) is 1.73. The van der Waals surface area contributed by atoms with E-state index in [1.54, 1.807) is 7.11 Å². The first-order valence-corrected chi connectivity index (χ1v) is 6.78. The Labute approximate surface area is 105 Å². The van der Waals surface area contributed by atoms with Gasteiger partial charge in [0.25, 0.3) is 0 Å². The first-order chi connectivity index (χ1) is 8.27. The van der Waals surface area contributed by atoms with Crippen molar-refractivity contribution < 1.29 is 14.2 Å². The minimum Gasteiger partial charge on any atom is -0.379 e. The highest BCUT2D eigenvalue weighted by Gasteiger charge is 2.23. The first kappa shape index (κ1) is 14.9. The van der Waals surface area contributed by atoms with Crippen LogP contribution in [-0.2, 0) is 14.2 Å². The molecule has 0 aliphatic carbocycles. The first-order valence-electron chi connectivity index (χ1n) is 6.78. The Kier molecular flexibility index (Phi) is 7.77. The van der Waals surface area contributed by atoms with Crippen LogP contribution in [0.4, 0.5) is 0 Å². The summed E-state index contributed by atoms with van der Waals surface area (Å²) in [4.78, 5) is 0. The van der Waals surface area contributed by atoms with Crippen LogP contribution >= 0.6 is 0 Å². The van der Waals surface area contributed by atoms with Crippen molar-refractivity contribution in [2.75, 3.05) is 20.3 Å². The van der Waals surface area contributed by atoms with Crippen molar-refractivity contribution in [3.63, 3.8) is 0 Å². The molecule has 0 bridgehead atoms. The molecule has 102 valence electrons. The number of nitrogens with two attached hydrogens (primary N) is 1. The van der Waals surface area contributed by atoms with Gasteiger partial charge in [-0.1, -0.05) is 0 Å². The zero-order valence-corrected chi connectivity index (χ0v) is 11.2. The van der Waals surface area contributed by atoms with Crippen LogP contribution in [0.25, 0.3) is 0 Å². The fourth-order valence-corrected chi connectivity index (χ4v) is 2.07. The summed E-state index contributed by atoms with van der Waals surface area (Å²) < 4.78 is 17.0. The van der Waals surface area contributed by atoms with E-state index < -0.39 is 0 Å². The molecule has 4 heteroatoms. The molecule has 4 nitrogen and oxygen atoms in total. The van der Waals surface area contributed by atoms with Gasteiger partial charge < -0.3 is 19.9 Å². The summed E-state index contributed by atoms with van der Waals surface area (Å²) in [5, 5.41) is 0. The monoisotopic (exact) mass is 245 g/mol. The third-order valence-corrected chi connectivity index (χ3v) is 3.30. The molecule has 0 radical (unpaired) electrons. The quantitative estimate of drug-likeness (QED) is 0.665. The normalized spacial score (nSPS) is 24.5. The molecular weight excluding hydrogens is 218 g/mol. The lowest BCUT2D eigenvalue weighted by atomic mass is 10.1. The van der Waals surface area contributed by atoms with E-state index in [4.69, 9.17) is 19.9 Å². The van der Waals surface area contributed by atoms with E-state index in [-0.39, 0.29) is 18.5 Å². The second-order valence-electron chi connectivity index (χ2n) is 4.70. The van der Waals surface area contributed by atoms with Gasteiger partial charge in [-0.3, -0.25) is 0 Å². The Balaban J connectivity index is 2.32. The second kappa shape index (κ2) is 8.86. The van der Waals surface area contributed by atoms with Crippen LogP contribution in [0.3, 0.4) is 0 Å². The average Bonchev–Trinajstić information content (AvgIpc) is 2.38. The number of unbranched alkanes of at least 4 members (excludes halogenated alkanes) is 1. The van der Waals surface area contributed by atoms with Gasteiger partial charge in [-0.25, -0.2) is 0 Å². The Morgan fingerprint density at radius 2 is 2.18 bits per heavy atom. The molecular formula is C13H27NO3. The number of hydrogen-bond acceptors (Lipinski definition) is 4. The summed E-state index contributed by atoms with van der Waals surface area (Å²) in [6.45, 7) is 3.62. The van der Waals surface area contributed by atoms with Gasteiger partial charge in [0.15, 0.2) is 6.29 Å². The van der Waals surface area contributed by atoms with Gasteiger partial charge >= 0.3 is 0 Å². The summed E-state index contributed by atoms with van der Waals surface area (Å²) in [5.74, 6) is 0. The smallest absolute Gasteiger partial charge is 0.158 e. The zero-order chi connectivity index (χ0) is 12.5. The largest absolute Gasteiger partial charge is 0.379 e. The molecule has 0 amide bonds. The van der Waals surface area contributed by atoms with Crippen molar-refractivity contribution in [1.29, 1.82) is 0 Å². The van der Waals surface area contributed by atoms with E-state index in [0.717, 1.165) is 45.3 Å². The average molecular weight is 245 g/mol. The number of methoxy groups -OCH3 is 1. The number of ether oxygens (including phenoxy) is 3. The van der Waals surface area contributed by atoms with Crippen LogP contribution in [0.2, 0.25) is 0 Å². The van der Waals surface area contributed by atoms with Gasteiger partial charge in [-0.15, -0.1) is 0 Å². The summed E-state index contributed by atoms with van der Waals surface area (Å²) in [5.41, 5.74) is 5.51. The van der Waals surface area contributed by atoms with E-state index in [9.17, 15) is 0 Å². The molecule has 0 aromatic rings. The van der Waals surface area contributed by atoms with Crippen LogP contribution in [0.5, 0.6) is 0 Å². The molecule has 1 rings (SSSR count). The SMILES string of the molecule is COC(C)C(CCCCN)OC1CCCCO1. The lowest BCUT2D eigenvalue weighted by molar-refractivity contribution is -0.209. The van der Waals surface area contributed by atoms with Gasteiger partial charge in [0.2, 0.25) is 0 Å². The van der Waals surface area contributed by atoms with Crippen molar-refractivity contribution in [2.45, 2.75) is 63.9 Å². The molecule has 0 aromatic carbocycles. The summed E-state index contributed by atoms with van der Waals surface area (Å²) in [6, 6.07) is 0. The predicted octanol–water partition coefficient (Wildman–Crippen LogP) is 2.06. The van der Waals surface area contributed by atoms with Crippen LogP contribution in [0.1, 0.15) is 45.4 Å². The van der Waals surface area contributed by atoms with Crippen molar-refractivity contribution in [3.8, 4) is 0 Å². The predicted molar refractivity (Wildman–Crippen MR) is 67.8 cm³/mol. The van der Waals surface area contributed by atoms with E-state index in [0.29, 0.717) is 0 Å². The standard InChI is InChI=1S/C13H27NO3/c1-11(15-2)12(7-3-5-9-14)17-13-8-4-6-10-16-13/h11-13H,3-10,14H2,1-2H3. The highest BCUT2D eigenvalue weighted by molar-refractivity contribution is 4.68. The summed E-state index contributed by atoms with van der Waals surface area (Å²) >= 11 is 0. The molecule has 0 spiro atoms. The maximum absolute atomic E-state index is 6.00. The van der Waals surface area contributed by atoms with Gasteiger partial charge in [-0.05, 0) is 52.0 Å². The molecule has 3 unspecified atom stereocenters. The van der Waals surface area contributed by atoms with Crippen molar-refractivity contribution in [1.82, 2.24) is 0 Å². The van der Waals surface area contributed by atoms with E-state index >= 15 is 0 Å². The van der Waals surface area contributed by atoms with Crippen molar-refractivity contribution in [3.05, 3.63) is 0 Å². The molecule has 1 aliphatic heterocycles. The molecule has 1 heterocycles. The Bertz CT molecular complexity index is 184. The fraction of sp³-hybridized carbons (Fsp3) is 1.00. The van der Waals surface area contributed by atoms with Crippen LogP contribution < -0.4 is 5.73 Å². The maximum Gasteiger partial charge on any atom is 0.158 e. The third kappa shape index (κ3) is 5.82. The molecule has 1 aliphatic rings. The topological polar surface area (TPSA) is 53.7 Å². The number of hydrogen-bond donors (Lipinski definition) is 1. The molecule has 2 N–H and O–H groups in total. The minimum absolute atomic E-state index is 0.0378. The fourth-order valence-electron chi connectivity index (χ4n) is 2.07. The lowest BCUT2D eigenvalue weighted by Gasteiger charge is -2.30. The number of rotatable bonds is 8. The van der Waals surface area contributed by atoms with Crippen LogP contribution in [0.15, 0.2) is 0 Å². The molecule has 0 aromatic heterocycles. The van der Waals surface area contributed by atoms with Gasteiger partial charge in [0.05, 0.1) is 12.2 Å². The second-order valence-corrected chi connectivity index (χ2v) is 4.70.